The Kier molecular flexibility index (Phi) is 3.03. The van der Waals surface area contributed by atoms with Crippen LogP contribution in [0.2, 0.25) is 0 Å². The molecule has 0 spiro atoms. The van der Waals surface area contributed by atoms with Gasteiger partial charge in [0.05, 0.1) is 19.1 Å². The maximum Gasteiger partial charge on any atom is 0.309 e. The number of methoxy groups -OCH3 is 1. The summed E-state index contributed by atoms with van der Waals surface area (Å²) in [6.07, 6.45) is 0.185. The molecule has 0 aromatic rings. The molecule has 0 saturated heterocycles. The van der Waals surface area contributed by atoms with Gasteiger partial charge < -0.3 is 9.84 Å². The fourth-order valence-corrected chi connectivity index (χ4v) is 1.87. The van der Waals surface area contributed by atoms with Crippen molar-refractivity contribution in [2.75, 3.05) is 7.11 Å². The highest BCUT2D eigenvalue weighted by atomic mass is 16.5. The number of rotatable bonds is 2. The van der Waals surface area contributed by atoms with E-state index in [1.54, 1.807) is 0 Å². The number of hydrogen-bond acceptors (Lipinski definition) is 4. The van der Waals surface area contributed by atoms with Crippen molar-refractivity contribution < 1.29 is 19.4 Å². The zero-order chi connectivity index (χ0) is 10.0. The fourth-order valence-electron chi connectivity index (χ4n) is 1.87. The molecule has 4 heteroatoms. The predicted molar refractivity (Wildman–Crippen MR) is 44.9 cm³/mol. The van der Waals surface area contributed by atoms with E-state index in [0.717, 1.165) is 0 Å². The van der Waals surface area contributed by atoms with Gasteiger partial charge in [-0.2, -0.15) is 0 Å². The summed E-state index contributed by atoms with van der Waals surface area (Å²) < 4.78 is 4.56. The molecule has 1 aliphatic carbocycles. The summed E-state index contributed by atoms with van der Waals surface area (Å²) in [4.78, 5) is 22.3. The standard InChI is InChI=1S/C9H14O4/c1-5(10)7-3-6(11)4-8(7)9(12)13-2/h6-8,11H,3-4H2,1-2H3. The number of ether oxygens (including phenoxy) is 1. The predicted octanol–water partition coefficient (Wildman–Crippen LogP) is 0.135. The third kappa shape index (κ3) is 2.06. The maximum absolute atomic E-state index is 11.2. The van der Waals surface area contributed by atoms with Gasteiger partial charge in [-0.25, -0.2) is 0 Å². The van der Waals surface area contributed by atoms with E-state index < -0.39 is 18.0 Å². The molecule has 13 heavy (non-hydrogen) atoms. The first-order chi connectivity index (χ1) is 6.06. The van der Waals surface area contributed by atoms with Crippen molar-refractivity contribution in [2.45, 2.75) is 25.9 Å². The van der Waals surface area contributed by atoms with Crippen LogP contribution in [0.3, 0.4) is 0 Å². The second kappa shape index (κ2) is 3.87. The van der Waals surface area contributed by atoms with Gasteiger partial charge in [-0.3, -0.25) is 9.59 Å². The van der Waals surface area contributed by atoms with Gasteiger partial charge in [0.2, 0.25) is 0 Å². The number of aliphatic hydroxyl groups excluding tert-OH is 1. The monoisotopic (exact) mass is 186 g/mol. The van der Waals surface area contributed by atoms with E-state index in [0.29, 0.717) is 12.8 Å². The highest BCUT2D eigenvalue weighted by Gasteiger charge is 2.41. The molecule has 0 aromatic carbocycles. The summed E-state index contributed by atoms with van der Waals surface area (Å²) in [6, 6.07) is 0. The van der Waals surface area contributed by atoms with E-state index in [1.165, 1.54) is 14.0 Å². The molecule has 74 valence electrons. The highest BCUT2D eigenvalue weighted by molar-refractivity contribution is 5.85. The maximum atomic E-state index is 11.2. The van der Waals surface area contributed by atoms with Crippen LogP contribution in [0.5, 0.6) is 0 Å². The average Bonchev–Trinajstić information content (AvgIpc) is 2.46. The molecule has 1 saturated carbocycles. The second-order valence-electron chi connectivity index (χ2n) is 3.47. The lowest BCUT2D eigenvalue weighted by molar-refractivity contribution is -0.148. The zero-order valence-corrected chi connectivity index (χ0v) is 7.82. The van der Waals surface area contributed by atoms with Crippen molar-refractivity contribution in [2.24, 2.45) is 11.8 Å². The minimum absolute atomic E-state index is 0.0491. The first-order valence-electron chi connectivity index (χ1n) is 4.32. The molecule has 0 amide bonds. The van der Waals surface area contributed by atoms with Crippen molar-refractivity contribution in [3.63, 3.8) is 0 Å². The average molecular weight is 186 g/mol. The van der Waals surface area contributed by atoms with E-state index >= 15 is 0 Å². The number of hydrogen-bond donors (Lipinski definition) is 1. The van der Waals surface area contributed by atoms with Crippen LogP contribution in [0.1, 0.15) is 19.8 Å². The van der Waals surface area contributed by atoms with E-state index in [9.17, 15) is 14.7 Å². The molecule has 3 unspecified atom stereocenters. The number of Topliss-reactive ketones (excluding diaryl/α,β-unsaturated/α-hetero) is 1. The van der Waals surface area contributed by atoms with Crippen LogP contribution >= 0.6 is 0 Å². The lowest BCUT2D eigenvalue weighted by Crippen LogP contribution is -2.24. The molecular weight excluding hydrogens is 172 g/mol. The Balaban J connectivity index is 2.71. The smallest absolute Gasteiger partial charge is 0.309 e. The summed E-state index contributed by atoms with van der Waals surface area (Å²) in [5.41, 5.74) is 0. The van der Waals surface area contributed by atoms with Crippen molar-refractivity contribution in [3.05, 3.63) is 0 Å². The summed E-state index contributed by atoms with van der Waals surface area (Å²) in [7, 11) is 1.30. The third-order valence-electron chi connectivity index (χ3n) is 2.56. The molecular formula is C9H14O4. The molecule has 1 rings (SSSR count). The SMILES string of the molecule is COC(=O)C1CC(O)CC1C(C)=O. The number of carbonyl (C=O) groups is 2. The molecule has 1 N–H and O–H groups in total. The molecule has 0 aliphatic heterocycles. The van der Waals surface area contributed by atoms with Gasteiger partial charge in [0.15, 0.2) is 0 Å². The van der Waals surface area contributed by atoms with Gasteiger partial charge in [0, 0.05) is 5.92 Å². The Morgan fingerprint density at radius 2 is 1.85 bits per heavy atom. The summed E-state index contributed by atoms with van der Waals surface area (Å²) in [5.74, 6) is -1.25. The zero-order valence-electron chi connectivity index (χ0n) is 7.82. The highest BCUT2D eigenvalue weighted by Crippen LogP contribution is 2.33. The van der Waals surface area contributed by atoms with Crippen molar-refractivity contribution in [3.8, 4) is 0 Å². The van der Waals surface area contributed by atoms with Crippen LogP contribution in [0, 0.1) is 11.8 Å². The number of aliphatic hydroxyl groups is 1. The van der Waals surface area contributed by atoms with Crippen LogP contribution in [-0.4, -0.2) is 30.1 Å². The number of esters is 1. The van der Waals surface area contributed by atoms with E-state index in [-0.39, 0.29) is 11.7 Å². The van der Waals surface area contributed by atoms with Gasteiger partial charge in [-0.15, -0.1) is 0 Å². The summed E-state index contributed by atoms with van der Waals surface area (Å²) in [6.45, 7) is 1.44. The first kappa shape index (κ1) is 10.2. The van der Waals surface area contributed by atoms with Crippen molar-refractivity contribution in [1.29, 1.82) is 0 Å². The molecule has 1 aliphatic rings. The molecule has 3 atom stereocenters. The molecule has 0 radical (unpaired) electrons. The Hall–Kier alpha value is -0.900. The summed E-state index contributed by atoms with van der Waals surface area (Å²) >= 11 is 0. The number of carbonyl (C=O) groups excluding carboxylic acids is 2. The summed E-state index contributed by atoms with van der Waals surface area (Å²) in [5, 5.41) is 9.30. The minimum atomic E-state index is -0.544. The Labute approximate surface area is 76.9 Å². The van der Waals surface area contributed by atoms with Gasteiger partial charge in [-0.1, -0.05) is 0 Å². The molecule has 4 nitrogen and oxygen atoms in total. The van der Waals surface area contributed by atoms with Gasteiger partial charge in [0.1, 0.15) is 5.78 Å². The van der Waals surface area contributed by atoms with Crippen LogP contribution in [0.15, 0.2) is 0 Å². The lowest BCUT2D eigenvalue weighted by Gasteiger charge is -2.13. The normalized spacial score (nSPS) is 33.0. The van der Waals surface area contributed by atoms with Crippen LogP contribution in [-0.2, 0) is 14.3 Å². The molecule has 0 heterocycles. The second-order valence-corrected chi connectivity index (χ2v) is 3.47. The Morgan fingerprint density at radius 3 is 2.31 bits per heavy atom. The quantitative estimate of drug-likeness (QED) is 0.623. The third-order valence-corrected chi connectivity index (χ3v) is 2.56. The van der Waals surface area contributed by atoms with Crippen LogP contribution in [0.25, 0.3) is 0 Å². The Morgan fingerprint density at radius 1 is 1.31 bits per heavy atom. The first-order valence-corrected chi connectivity index (χ1v) is 4.32. The van der Waals surface area contributed by atoms with E-state index in [2.05, 4.69) is 4.74 Å². The molecule has 1 fully saturated rings. The van der Waals surface area contributed by atoms with Crippen LogP contribution < -0.4 is 0 Å². The topological polar surface area (TPSA) is 63.6 Å². The van der Waals surface area contributed by atoms with Crippen molar-refractivity contribution >= 4 is 11.8 Å². The van der Waals surface area contributed by atoms with E-state index in [1.807, 2.05) is 0 Å². The van der Waals surface area contributed by atoms with Crippen molar-refractivity contribution in [1.82, 2.24) is 0 Å². The molecule has 0 bridgehead atoms. The van der Waals surface area contributed by atoms with Gasteiger partial charge in [0.25, 0.3) is 0 Å². The molecule has 0 aromatic heterocycles. The fraction of sp³-hybridized carbons (Fsp3) is 0.778. The Bertz CT molecular complexity index is 224. The number of ketones is 1. The van der Waals surface area contributed by atoms with Crippen LogP contribution in [0.4, 0.5) is 0 Å². The van der Waals surface area contributed by atoms with E-state index in [4.69, 9.17) is 0 Å². The minimum Gasteiger partial charge on any atom is -0.469 e. The lowest BCUT2D eigenvalue weighted by atomic mass is 9.93. The largest absolute Gasteiger partial charge is 0.469 e. The van der Waals surface area contributed by atoms with Gasteiger partial charge in [-0.05, 0) is 19.8 Å². The van der Waals surface area contributed by atoms with Gasteiger partial charge >= 0.3 is 5.97 Å².